The summed E-state index contributed by atoms with van der Waals surface area (Å²) < 4.78 is 28.3. The van der Waals surface area contributed by atoms with Crippen molar-refractivity contribution in [1.29, 1.82) is 0 Å². The molecule has 0 saturated heterocycles. The van der Waals surface area contributed by atoms with Gasteiger partial charge in [0.2, 0.25) is 10.0 Å². The van der Waals surface area contributed by atoms with Gasteiger partial charge in [-0.15, -0.1) is 0 Å². The highest BCUT2D eigenvalue weighted by Crippen LogP contribution is 2.09. The lowest BCUT2D eigenvalue weighted by atomic mass is 10.2. The number of aromatic nitrogens is 1. The number of sulfonamides is 1. The van der Waals surface area contributed by atoms with Gasteiger partial charge < -0.3 is 15.2 Å². The van der Waals surface area contributed by atoms with Crippen LogP contribution in [0.4, 0.5) is 0 Å². The molecule has 0 spiro atoms. The number of guanidine groups is 1. The molecule has 2 rings (SSSR count). The number of hydrogen-bond acceptors (Lipinski definition) is 3. The molecule has 0 atom stereocenters. The van der Waals surface area contributed by atoms with Crippen LogP contribution in [0.2, 0.25) is 0 Å². The summed E-state index contributed by atoms with van der Waals surface area (Å²) in [7, 11) is 0.0385. The molecule has 22 heavy (non-hydrogen) atoms. The van der Waals surface area contributed by atoms with Gasteiger partial charge in [-0.3, -0.25) is 4.99 Å². The number of aliphatic imine (C=N–C) groups is 1. The molecule has 1 heterocycles. The van der Waals surface area contributed by atoms with E-state index in [0.29, 0.717) is 25.1 Å². The third kappa shape index (κ3) is 4.60. The summed E-state index contributed by atoms with van der Waals surface area (Å²) in [6, 6.07) is 1.94. The Morgan fingerprint density at radius 3 is 2.68 bits per heavy atom. The van der Waals surface area contributed by atoms with Crippen LogP contribution in [0, 0.1) is 0 Å². The molecule has 0 amide bonds. The van der Waals surface area contributed by atoms with Gasteiger partial charge in [0.25, 0.3) is 0 Å². The zero-order valence-electron chi connectivity index (χ0n) is 12.9. The first-order valence-electron chi connectivity index (χ1n) is 7.25. The first kappa shape index (κ1) is 16.6. The highest BCUT2D eigenvalue weighted by Gasteiger charge is 2.15. The van der Waals surface area contributed by atoms with E-state index in [0.717, 1.165) is 12.8 Å². The summed E-state index contributed by atoms with van der Waals surface area (Å²) in [6.07, 6.45) is 9.53. The Balaban J connectivity index is 1.73. The van der Waals surface area contributed by atoms with Crippen LogP contribution in [0.25, 0.3) is 0 Å². The normalized spacial score (nSPS) is 16.2. The fourth-order valence-corrected chi connectivity index (χ4v) is 3.29. The lowest BCUT2D eigenvalue weighted by Gasteiger charge is -2.17. The predicted octanol–water partition coefficient (Wildman–Crippen LogP) is 0.187. The molecule has 1 aromatic heterocycles. The average Bonchev–Trinajstić information content (AvgIpc) is 3.13. The molecule has 0 saturated carbocycles. The molecular weight excluding hydrogens is 302 g/mol. The van der Waals surface area contributed by atoms with Crippen molar-refractivity contribution in [2.75, 3.05) is 20.1 Å². The van der Waals surface area contributed by atoms with Crippen LogP contribution in [0.5, 0.6) is 0 Å². The number of aryl methyl sites for hydroxylation is 1. The fourth-order valence-electron chi connectivity index (χ4n) is 2.21. The van der Waals surface area contributed by atoms with Gasteiger partial charge in [-0.2, -0.15) is 0 Å². The second-order valence-corrected chi connectivity index (χ2v) is 6.96. The molecule has 1 aromatic rings. The third-order valence-corrected chi connectivity index (χ3v) is 4.84. The first-order valence-corrected chi connectivity index (χ1v) is 8.73. The zero-order valence-corrected chi connectivity index (χ0v) is 13.7. The van der Waals surface area contributed by atoms with Crippen molar-refractivity contribution in [3.63, 3.8) is 0 Å². The number of nitrogens with one attached hydrogen (secondary N) is 3. The van der Waals surface area contributed by atoms with Crippen LogP contribution < -0.4 is 15.4 Å². The van der Waals surface area contributed by atoms with Gasteiger partial charge in [-0.25, -0.2) is 13.1 Å². The topological polar surface area (TPSA) is 87.5 Å². The quantitative estimate of drug-likeness (QED) is 0.301. The second kappa shape index (κ2) is 7.46. The fraction of sp³-hybridized carbons (Fsp3) is 0.500. The first-order chi connectivity index (χ1) is 10.5. The summed E-state index contributed by atoms with van der Waals surface area (Å²) in [5.74, 6) is 0.688. The van der Waals surface area contributed by atoms with E-state index in [1.54, 1.807) is 37.1 Å². The van der Waals surface area contributed by atoms with E-state index < -0.39 is 10.0 Å². The maximum atomic E-state index is 12.0. The summed E-state index contributed by atoms with van der Waals surface area (Å²) in [4.78, 5) is 4.41. The van der Waals surface area contributed by atoms with Crippen LogP contribution in [0.1, 0.15) is 12.8 Å². The maximum absolute atomic E-state index is 12.0. The Kier molecular flexibility index (Phi) is 5.62. The van der Waals surface area contributed by atoms with Crippen molar-refractivity contribution in [3.05, 3.63) is 30.6 Å². The van der Waals surface area contributed by atoms with Gasteiger partial charge in [0.05, 0.1) is 4.90 Å². The number of nitrogens with zero attached hydrogens (tertiary/aromatic N) is 2. The van der Waals surface area contributed by atoms with Gasteiger partial charge in [-0.1, -0.05) is 12.2 Å². The molecule has 1 aliphatic rings. The van der Waals surface area contributed by atoms with Crippen molar-refractivity contribution in [1.82, 2.24) is 19.9 Å². The Hall–Kier alpha value is -1.80. The minimum absolute atomic E-state index is 0.273. The molecule has 3 N–H and O–H groups in total. The summed E-state index contributed by atoms with van der Waals surface area (Å²) >= 11 is 0. The van der Waals surface area contributed by atoms with E-state index >= 15 is 0 Å². The summed E-state index contributed by atoms with van der Waals surface area (Å²) in [6.45, 7) is 0.757. The molecule has 0 fully saturated rings. The number of rotatable bonds is 6. The summed E-state index contributed by atoms with van der Waals surface area (Å²) in [5.41, 5.74) is 0. The van der Waals surface area contributed by atoms with Gasteiger partial charge >= 0.3 is 0 Å². The van der Waals surface area contributed by atoms with Crippen molar-refractivity contribution in [2.45, 2.75) is 23.8 Å². The minimum atomic E-state index is -3.45. The van der Waals surface area contributed by atoms with Crippen LogP contribution in [-0.4, -0.2) is 45.1 Å². The van der Waals surface area contributed by atoms with Crippen molar-refractivity contribution in [2.24, 2.45) is 12.0 Å². The van der Waals surface area contributed by atoms with Crippen molar-refractivity contribution < 1.29 is 8.42 Å². The molecule has 0 aliphatic heterocycles. The van der Waals surface area contributed by atoms with E-state index in [9.17, 15) is 8.42 Å². The Morgan fingerprint density at radius 1 is 1.36 bits per heavy atom. The second-order valence-electron chi connectivity index (χ2n) is 5.19. The zero-order chi connectivity index (χ0) is 16.0. The van der Waals surface area contributed by atoms with E-state index in [4.69, 9.17) is 0 Å². The molecular formula is C14H23N5O2S. The standard InChI is InChI=1S/C14H23N5O2S/c1-15-14(18-12-5-3-4-6-12)16-8-9-17-22(20,21)13-7-10-19(2)11-13/h3-4,7,10-12,17H,5-6,8-9H2,1-2H3,(H2,15,16,18). The van der Waals surface area contributed by atoms with Gasteiger partial charge in [-0.05, 0) is 18.9 Å². The highest BCUT2D eigenvalue weighted by atomic mass is 32.2. The Labute approximate surface area is 131 Å². The van der Waals surface area contributed by atoms with Gasteiger partial charge in [0.1, 0.15) is 0 Å². The third-order valence-electron chi connectivity index (χ3n) is 3.40. The van der Waals surface area contributed by atoms with E-state index in [1.807, 2.05) is 0 Å². The SMILES string of the molecule is CN=C(NCCNS(=O)(=O)c1ccn(C)c1)NC1CC=CC1. The highest BCUT2D eigenvalue weighted by molar-refractivity contribution is 7.89. The van der Waals surface area contributed by atoms with Crippen molar-refractivity contribution in [3.8, 4) is 0 Å². The molecule has 8 heteroatoms. The molecule has 0 bridgehead atoms. The van der Waals surface area contributed by atoms with Crippen molar-refractivity contribution >= 4 is 16.0 Å². The molecule has 0 radical (unpaired) electrons. The minimum Gasteiger partial charge on any atom is -0.356 e. The molecule has 0 unspecified atom stereocenters. The van der Waals surface area contributed by atoms with Crippen LogP contribution in [0.15, 0.2) is 40.5 Å². The lowest BCUT2D eigenvalue weighted by Crippen LogP contribution is -2.45. The van der Waals surface area contributed by atoms with Crippen LogP contribution >= 0.6 is 0 Å². The Bertz CT molecular complexity index is 640. The molecule has 1 aliphatic carbocycles. The van der Waals surface area contributed by atoms with E-state index in [-0.39, 0.29) is 4.90 Å². The van der Waals surface area contributed by atoms with E-state index in [2.05, 4.69) is 32.5 Å². The molecule has 122 valence electrons. The average molecular weight is 325 g/mol. The summed E-state index contributed by atoms with van der Waals surface area (Å²) in [5, 5.41) is 6.40. The Morgan fingerprint density at radius 2 is 2.09 bits per heavy atom. The predicted molar refractivity (Wildman–Crippen MR) is 87.3 cm³/mol. The van der Waals surface area contributed by atoms with Gasteiger partial charge in [0.15, 0.2) is 5.96 Å². The largest absolute Gasteiger partial charge is 0.356 e. The van der Waals surface area contributed by atoms with E-state index in [1.165, 1.54) is 0 Å². The van der Waals surface area contributed by atoms with Gasteiger partial charge in [0, 0.05) is 45.6 Å². The molecule has 0 aromatic carbocycles. The molecule has 7 nitrogen and oxygen atoms in total. The number of hydrogen-bond donors (Lipinski definition) is 3. The lowest BCUT2D eigenvalue weighted by molar-refractivity contribution is 0.579. The van der Waals surface area contributed by atoms with Crippen LogP contribution in [0.3, 0.4) is 0 Å². The monoisotopic (exact) mass is 325 g/mol. The maximum Gasteiger partial charge on any atom is 0.242 e. The van der Waals surface area contributed by atoms with Crippen LogP contribution in [-0.2, 0) is 17.1 Å². The smallest absolute Gasteiger partial charge is 0.242 e.